The van der Waals surface area contributed by atoms with Crippen molar-refractivity contribution in [2.24, 2.45) is 0 Å². The Hall–Kier alpha value is -2.19. The predicted octanol–water partition coefficient (Wildman–Crippen LogP) is 5.77. The molecule has 1 amide bonds. The minimum Gasteiger partial charge on any atom is -0.322 e. The third-order valence-electron chi connectivity index (χ3n) is 3.92. The normalized spacial score (nSPS) is 11.1. The Bertz CT molecular complexity index is 1150. The lowest BCUT2D eigenvalue weighted by atomic mass is 10.1. The maximum absolute atomic E-state index is 12.8. The first-order valence-corrected chi connectivity index (χ1v) is 11.8. The molecular weight excluding hydrogens is 451 g/mol. The second kappa shape index (κ2) is 9.09. The quantitative estimate of drug-likeness (QED) is 0.452. The first-order valence-electron chi connectivity index (χ1n) is 8.32. The minimum absolute atomic E-state index is 0.0240. The zero-order valence-electron chi connectivity index (χ0n) is 15.1. The molecule has 0 atom stereocenters. The van der Waals surface area contributed by atoms with Gasteiger partial charge in [0.2, 0.25) is 0 Å². The van der Waals surface area contributed by atoms with Gasteiger partial charge >= 0.3 is 0 Å². The van der Waals surface area contributed by atoms with Crippen molar-refractivity contribution < 1.29 is 13.2 Å². The summed E-state index contributed by atoms with van der Waals surface area (Å²) >= 11 is 13.4. The molecule has 5 nitrogen and oxygen atoms in total. The zero-order valence-corrected chi connectivity index (χ0v) is 18.3. The molecule has 0 heterocycles. The molecule has 0 aliphatic heterocycles. The molecule has 0 saturated carbocycles. The molecule has 0 radical (unpaired) electrons. The van der Waals surface area contributed by atoms with E-state index in [9.17, 15) is 13.2 Å². The molecule has 0 bridgehead atoms. The van der Waals surface area contributed by atoms with Gasteiger partial charge < -0.3 is 5.32 Å². The summed E-state index contributed by atoms with van der Waals surface area (Å²) in [5.74, 6) is -0.487. The van der Waals surface area contributed by atoms with Gasteiger partial charge in [-0.15, -0.1) is 11.8 Å². The smallest absolute Gasteiger partial charge is 0.261 e. The maximum Gasteiger partial charge on any atom is 0.261 e. The molecular formula is C20H16Cl2N2O3S2. The van der Waals surface area contributed by atoms with Crippen LogP contribution in [0.25, 0.3) is 0 Å². The van der Waals surface area contributed by atoms with E-state index >= 15 is 0 Å². The topological polar surface area (TPSA) is 75.3 Å². The fourth-order valence-corrected chi connectivity index (χ4v) is 4.35. The van der Waals surface area contributed by atoms with Gasteiger partial charge in [-0.1, -0.05) is 29.3 Å². The van der Waals surface area contributed by atoms with E-state index in [1.165, 1.54) is 42.5 Å². The van der Waals surface area contributed by atoms with Crippen LogP contribution in [0.4, 0.5) is 11.4 Å². The van der Waals surface area contributed by atoms with Gasteiger partial charge in [0.15, 0.2) is 0 Å². The van der Waals surface area contributed by atoms with Crippen LogP contribution in [0.1, 0.15) is 10.4 Å². The Morgan fingerprint density at radius 2 is 1.62 bits per heavy atom. The van der Waals surface area contributed by atoms with Crippen LogP contribution in [-0.4, -0.2) is 20.6 Å². The average molecular weight is 467 g/mol. The number of carbonyl (C=O) groups excluding carboxylic acids is 1. The van der Waals surface area contributed by atoms with Crippen LogP contribution in [0.5, 0.6) is 0 Å². The number of sulfonamides is 1. The van der Waals surface area contributed by atoms with Crippen molar-refractivity contribution >= 4 is 62.3 Å². The van der Waals surface area contributed by atoms with Crippen molar-refractivity contribution in [2.45, 2.75) is 9.79 Å². The predicted molar refractivity (Wildman–Crippen MR) is 120 cm³/mol. The molecule has 0 aromatic heterocycles. The Labute approximate surface area is 183 Å². The molecule has 2 N–H and O–H groups in total. The van der Waals surface area contributed by atoms with E-state index in [0.29, 0.717) is 15.7 Å². The average Bonchev–Trinajstić information content (AvgIpc) is 2.69. The van der Waals surface area contributed by atoms with E-state index in [2.05, 4.69) is 10.0 Å². The summed E-state index contributed by atoms with van der Waals surface area (Å²) in [6, 6.07) is 17.4. The van der Waals surface area contributed by atoms with Crippen LogP contribution < -0.4 is 10.0 Å². The number of amides is 1. The lowest BCUT2D eigenvalue weighted by molar-refractivity contribution is 0.102. The van der Waals surface area contributed by atoms with Gasteiger partial charge in [-0.2, -0.15) is 0 Å². The third-order valence-corrected chi connectivity index (χ3v) is 6.52. The van der Waals surface area contributed by atoms with Crippen LogP contribution in [0.3, 0.4) is 0 Å². The van der Waals surface area contributed by atoms with Gasteiger partial charge in [-0.3, -0.25) is 9.52 Å². The van der Waals surface area contributed by atoms with Gasteiger partial charge in [0, 0.05) is 20.6 Å². The monoisotopic (exact) mass is 466 g/mol. The van der Waals surface area contributed by atoms with Crippen molar-refractivity contribution in [1.82, 2.24) is 0 Å². The molecule has 0 fully saturated rings. The first kappa shape index (κ1) is 21.5. The van der Waals surface area contributed by atoms with E-state index in [-0.39, 0.29) is 16.1 Å². The molecule has 3 aromatic carbocycles. The van der Waals surface area contributed by atoms with Crippen LogP contribution >= 0.6 is 35.0 Å². The zero-order chi connectivity index (χ0) is 21.0. The number of nitrogens with one attached hydrogen (secondary N) is 2. The van der Waals surface area contributed by atoms with Gasteiger partial charge in [0.1, 0.15) is 0 Å². The third kappa shape index (κ3) is 5.45. The van der Waals surface area contributed by atoms with Gasteiger partial charge in [0.25, 0.3) is 15.9 Å². The number of thioether (sulfide) groups is 1. The Morgan fingerprint density at radius 3 is 2.31 bits per heavy atom. The number of anilines is 2. The molecule has 0 saturated heterocycles. The van der Waals surface area contributed by atoms with Crippen LogP contribution in [0.15, 0.2) is 76.5 Å². The lowest BCUT2D eigenvalue weighted by Gasteiger charge is -2.14. The summed E-state index contributed by atoms with van der Waals surface area (Å²) in [7, 11) is -3.92. The first-order chi connectivity index (χ1) is 13.8. The van der Waals surface area contributed by atoms with Crippen molar-refractivity contribution in [3.8, 4) is 0 Å². The van der Waals surface area contributed by atoms with E-state index in [4.69, 9.17) is 23.2 Å². The van der Waals surface area contributed by atoms with E-state index in [1.54, 1.807) is 17.8 Å². The van der Waals surface area contributed by atoms with Crippen molar-refractivity contribution in [2.75, 3.05) is 16.3 Å². The second-order valence-electron chi connectivity index (χ2n) is 5.94. The largest absolute Gasteiger partial charge is 0.322 e. The Morgan fingerprint density at radius 1 is 0.931 bits per heavy atom. The van der Waals surface area contributed by atoms with Crippen molar-refractivity contribution in [1.29, 1.82) is 0 Å². The summed E-state index contributed by atoms with van der Waals surface area (Å²) in [5, 5.41) is 3.50. The Kier molecular flexibility index (Phi) is 6.74. The highest BCUT2D eigenvalue weighted by molar-refractivity contribution is 7.98. The molecule has 0 aliphatic carbocycles. The van der Waals surface area contributed by atoms with E-state index < -0.39 is 15.9 Å². The van der Waals surface area contributed by atoms with Crippen LogP contribution in [0, 0.1) is 0 Å². The summed E-state index contributed by atoms with van der Waals surface area (Å²) < 4.78 is 27.8. The fraction of sp³-hybridized carbons (Fsp3) is 0.0500. The number of halogens is 2. The molecule has 0 aliphatic rings. The van der Waals surface area contributed by atoms with Gasteiger partial charge in [0.05, 0.1) is 16.1 Å². The van der Waals surface area contributed by atoms with Gasteiger partial charge in [-0.25, -0.2) is 8.42 Å². The summed E-state index contributed by atoms with van der Waals surface area (Å²) in [5.41, 5.74) is 0.806. The SMILES string of the molecule is CSc1cccc(NC(=O)c2cc(Cl)ccc2NS(=O)(=O)c2ccc(Cl)cc2)c1. The highest BCUT2D eigenvalue weighted by atomic mass is 35.5. The van der Waals surface area contributed by atoms with E-state index in [1.807, 2.05) is 24.5 Å². The second-order valence-corrected chi connectivity index (χ2v) is 9.37. The highest BCUT2D eigenvalue weighted by Crippen LogP contribution is 2.26. The summed E-state index contributed by atoms with van der Waals surface area (Å²) in [4.78, 5) is 13.8. The molecule has 150 valence electrons. The van der Waals surface area contributed by atoms with Crippen molar-refractivity contribution in [3.05, 3.63) is 82.3 Å². The number of carbonyl (C=O) groups is 1. The van der Waals surface area contributed by atoms with E-state index in [0.717, 1.165) is 4.90 Å². The van der Waals surface area contributed by atoms with Crippen LogP contribution in [0.2, 0.25) is 10.0 Å². The number of hydrogen-bond acceptors (Lipinski definition) is 4. The van der Waals surface area contributed by atoms with Gasteiger partial charge in [-0.05, 0) is 66.9 Å². The summed E-state index contributed by atoms with van der Waals surface area (Å²) in [6.07, 6.45) is 1.93. The number of benzene rings is 3. The molecule has 3 rings (SSSR count). The Balaban J connectivity index is 1.91. The standard InChI is InChI=1S/C20H16Cl2N2O3S2/c1-28-16-4-2-3-15(12-16)23-20(25)18-11-14(22)7-10-19(18)24-29(26,27)17-8-5-13(21)6-9-17/h2-12,24H,1H3,(H,23,25). The lowest BCUT2D eigenvalue weighted by Crippen LogP contribution is -2.18. The highest BCUT2D eigenvalue weighted by Gasteiger charge is 2.19. The molecule has 0 unspecified atom stereocenters. The number of hydrogen-bond donors (Lipinski definition) is 2. The maximum atomic E-state index is 12.8. The summed E-state index contributed by atoms with van der Waals surface area (Å²) in [6.45, 7) is 0. The minimum atomic E-state index is -3.92. The van der Waals surface area contributed by atoms with Crippen molar-refractivity contribution in [3.63, 3.8) is 0 Å². The molecule has 3 aromatic rings. The molecule has 9 heteroatoms. The molecule has 0 spiro atoms. The fourth-order valence-electron chi connectivity index (χ4n) is 2.51. The molecule has 29 heavy (non-hydrogen) atoms. The van der Waals surface area contributed by atoms with Crippen LogP contribution in [-0.2, 0) is 10.0 Å². The number of rotatable bonds is 6.